The molecule has 0 bridgehead atoms. The van der Waals surface area contributed by atoms with Crippen molar-refractivity contribution in [1.29, 1.82) is 0 Å². The van der Waals surface area contributed by atoms with E-state index in [9.17, 15) is 9.90 Å². The van der Waals surface area contributed by atoms with Crippen molar-refractivity contribution in [1.82, 2.24) is 15.3 Å². The smallest absolute Gasteiger partial charge is 0.251 e. The summed E-state index contributed by atoms with van der Waals surface area (Å²) in [5.41, 5.74) is 3.84. The summed E-state index contributed by atoms with van der Waals surface area (Å²) in [6.07, 6.45) is 4.16. The largest absolute Gasteiger partial charge is 0.387 e. The lowest BCUT2D eigenvalue weighted by molar-refractivity contribution is 0.0915. The predicted molar refractivity (Wildman–Crippen MR) is 95.9 cm³/mol. The van der Waals surface area contributed by atoms with Crippen LogP contribution in [0.2, 0.25) is 0 Å². The number of aliphatic hydroxyl groups is 1. The van der Waals surface area contributed by atoms with Crippen molar-refractivity contribution < 1.29 is 9.90 Å². The highest BCUT2D eigenvalue weighted by molar-refractivity contribution is 5.97. The Hall–Kier alpha value is -3.05. The SMILES string of the molecule is Cc1c(C(=O)NCC(O)c2cccnc2)cccc1-c1ccccn1. The van der Waals surface area contributed by atoms with Crippen LogP contribution < -0.4 is 5.32 Å². The summed E-state index contributed by atoms with van der Waals surface area (Å²) in [5, 5.41) is 12.9. The summed E-state index contributed by atoms with van der Waals surface area (Å²) >= 11 is 0. The minimum absolute atomic E-state index is 0.123. The fraction of sp³-hybridized carbons (Fsp3) is 0.150. The van der Waals surface area contributed by atoms with E-state index >= 15 is 0 Å². The summed E-state index contributed by atoms with van der Waals surface area (Å²) in [7, 11) is 0. The first-order valence-electron chi connectivity index (χ1n) is 8.04. The summed E-state index contributed by atoms with van der Waals surface area (Å²) in [5.74, 6) is -0.224. The van der Waals surface area contributed by atoms with Crippen molar-refractivity contribution in [3.05, 3.63) is 83.8 Å². The molecule has 0 aliphatic carbocycles. The number of nitrogens with one attached hydrogen (secondary N) is 1. The lowest BCUT2D eigenvalue weighted by atomic mass is 9.99. The Morgan fingerprint density at radius 2 is 2.00 bits per heavy atom. The van der Waals surface area contributed by atoms with Crippen LogP contribution >= 0.6 is 0 Å². The van der Waals surface area contributed by atoms with Gasteiger partial charge < -0.3 is 10.4 Å². The molecule has 0 aliphatic heterocycles. The lowest BCUT2D eigenvalue weighted by Gasteiger charge is -2.14. The van der Waals surface area contributed by atoms with Crippen LogP contribution in [0, 0.1) is 6.92 Å². The number of aliphatic hydroxyl groups excluding tert-OH is 1. The molecule has 0 aliphatic rings. The molecular formula is C20H19N3O2. The van der Waals surface area contributed by atoms with Gasteiger partial charge in [-0.3, -0.25) is 14.8 Å². The molecule has 0 fully saturated rings. The van der Waals surface area contributed by atoms with E-state index in [1.165, 1.54) is 0 Å². The van der Waals surface area contributed by atoms with Gasteiger partial charge in [0.1, 0.15) is 0 Å². The number of pyridine rings is 2. The van der Waals surface area contributed by atoms with E-state index in [4.69, 9.17) is 0 Å². The van der Waals surface area contributed by atoms with Gasteiger partial charge in [-0.2, -0.15) is 0 Å². The highest BCUT2D eigenvalue weighted by Gasteiger charge is 2.15. The molecule has 5 nitrogen and oxygen atoms in total. The number of carbonyl (C=O) groups is 1. The van der Waals surface area contributed by atoms with Crippen LogP contribution in [0.5, 0.6) is 0 Å². The Morgan fingerprint density at radius 3 is 2.72 bits per heavy atom. The molecule has 1 amide bonds. The van der Waals surface area contributed by atoms with E-state index in [0.717, 1.165) is 16.8 Å². The maximum Gasteiger partial charge on any atom is 0.251 e. The number of rotatable bonds is 5. The minimum Gasteiger partial charge on any atom is -0.387 e. The van der Waals surface area contributed by atoms with E-state index in [0.29, 0.717) is 11.1 Å². The third-order valence-corrected chi connectivity index (χ3v) is 4.04. The average Bonchev–Trinajstić information content (AvgIpc) is 2.67. The Morgan fingerprint density at radius 1 is 1.12 bits per heavy atom. The Kier molecular flexibility index (Phi) is 5.16. The van der Waals surface area contributed by atoms with E-state index < -0.39 is 6.10 Å². The van der Waals surface area contributed by atoms with Gasteiger partial charge in [0.15, 0.2) is 0 Å². The molecule has 0 spiro atoms. The molecule has 1 unspecified atom stereocenters. The zero-order valence-electron chi connectivity index (χ0n) is 13.9. The molecule has 3 rings (SSSR count). The Balaban J connectivity index is 1.75. The van der Waals surface area contributed by atoms with E-state index in [1.807, 2.05) is 37.3 Å². The summed E-state index contributed by atoms with van der Waals surface area (Å²) in [4.78, 5) is 20.8. The molecule has 2 heterocycles. The van der Waals surface area contributed by atoms with Crippen molar-refractivity contribution >= 4 is 5.91 Å². The van der Waals surface area contributed by atoms with Gasteiger partial charge in [0.05, 0.1) is 11.8 Å². The van der Waals surface area contributed by atoms with E-state index in [2.05, 4.69) is 15.3 Å². The zero-order chi connectivity index (χ0) is 17.6. The molecule has 0 saturated carbocycles. The van der Waals surface area contributed by atoms with Gasteiger partial charge in [0.2, 0.25) is 0 Å². The van der Waals surface area contributed by atoms with Crippen LogP contribution in [0.3, 0.4) is 0 Å². The van der Waals surface area contributed by atoms with Crippen LogP contribution in [0.25, 0.3) is 11.3 Å². The molecule has 0 radical (unpaired) electrons. The normalized spacial score (nSPS) is 11.8. The highest BCUT2D eigenvalue weighted by atomic mass is 16.3. The number of benzene rings is 1. The van der Waals surface area contributed by atoms with Crippen LogP contribution in [0.15, 0.2) is 67.1 Å². The number of hydrogen-bond acceptors (Lipinski definition) is 4. The van der Waals surface area contributed by atoms with Gasteiger partial charge in [-0.15, -0.1) is 0 Å². The van der Waals surface area contributed by atoms with Crippen molar-refractivity contribution in [2.24, 2.45) is 0 Å². The number of amides is 1. The number of nitrogens with zero attached hydrogens (tertiary/aromatic N) is 2. The van der Waals surface area contributed by atoms with Gasteiger partial charge in [-0.05, 0) is 36.8 Å². The average molecular weight is 333 g/mol. The van der Waals surface area contributed by atoms with E-state index in [-0.39, 0.29) is 12.5 Å². The lowest BCUT2D eigenvalue weighted by Crippen LogP contribution is -2.29. The van der Waals surface area contributed by atoms with Gasteiger partial charge in [-0.1, -0.05) is 24.3 Å². The quantitative estimate of drug-likeness (QED) is 0.753. The monoisotopic (exact) mass is 333 g/mol. The first-order valence-corrected chi connectivity index (χ1v) is 8.04. The molecular weight excluding hydrogens is 314 g/mol. The van der Waals surface area contributed by atoms with E-state index in [1.54, 1.807) is 36.8 Å². The standard InChI is InChI=1S/C20H19N3O2/c1-14-16(18-9-2-3-11-22-18)7-4-8-17(14)20(25)23-13-19(24)15-6-5-10-21-12-15/h2-12,19,24H,13H2,1H3,(H,23,25). The first-order chi connectivity index (χ1) is 12.2. The van der Waals surface area contributed by atoms with Crippen molar-refractivity contribution in [3.63, 3.8) is 0 Å². The van der Waals surface area contributed by atoms with Gasteiger partial charge in [-0.25, -0.2) is 0 Å². The van der Waals surface area contributed by atoms with Crippen molar-refractivity contribution in [3.8, 4) is 11.3 Å². The Bertz CT molecular complexity index is 851. The second-order valence-electron chi connectivity index (χ2n) is 5.71. The maximum absolute atomic E-state index is 12.5. The second-order valence-corrected chi connectivity index (χ2v) is 5.71. The minimum atomic E-state index is -0.795. The summed E-state index contributed by atoms with van der Waals surface area (Å²) < 4.78 is 0. The molecule has 25 heavy (non-hydrogen) atoms. The molecule has 0 saturated heterocycles. The van der Waals surface area contributed by atoms with Gasteiger partial charge in [0.25, 0.3) is 5.91 Å². The molecule has 2 N–H and O–H groups in total. The molecule has 126 valence electrons. The zero-order valence-corrected chi connectivity index (χ0v) is 13.9. The third-order valence-electron chi connectivity index (χ3n) is 4.04. The molecule has 1 atom stereocenters. The number of hydrogen-bond donors (Lipinski definition) is 2. The number of aromatic nitrogens is 2. The first kappa shape index (κ1) is 16.8. The van der Waals surface area contributed by atoms with Gasteiger partial charge in [0, 0.05) is 41.8 Å². The van der Waals surface area contributed by atoms with Crippen LogP contribution in [-0.2, 0) is 0 Å². The van der Waals surface area contributed by atoms with Gasteiger partial charge >= 0.3 is 0 Å². The molecule has 5 heteroatoms. The number of carbonyl (C=O) groups excluding carboxylic acids is 1. The van der Waals surface area contributed by atoms with Crippen LogP contribution in [0.1, 0.15) is 27.6 Å². The molecule has 1 aromatic carbocycles. The fourth-order valence-electron chi connectivity index (χ4n) is 2.66. The molecule has 2 aromatic heterocycles. The Labute approximate surface area is 146 Å². The fourth-order valence-corrected chi connectivity index (χ4v) is 2.66. The van der Waals surface area contributed by atoms with Crippen LogP contribution in [-0.4, -0.2) is 27.5 Å². The van der Waals surface area contributed by atoms with Crippen molar-refractivity contribution in [2.75, 3.05) is 6.54 Å². The molecule has 3 aromatic rings. The summed E-state index contributed by atoms with van der Waals surface area (Å²) in [6, 6.07) is 14.8. The maximum atomic E-state index is 12.5. The predicted octanol–water partition coefficient (Wildman–Crippen LogP) is 2.92. The highest BCUT2D eigenvalue weighted by Crippen LogP contribution is 2.24. The topological polar surface area (TPSA) is 75.1 Å². The third kappa shape index (κ3) is 3.89. The second kappa shape index (κ2) is 7.68. The van der Waals surface area contributed by atoms with Crippen LogP contribution in [0.4, 0.5) is 0 Å². The summed E-state index contributed by atoms with van der Waals surface area (Å²) in [6.45, 7) is 2.02. The van der Waals surface area contributed by atoms with Crippen molar-refractivity contribution in [2.45, 2.75) is 13.0 Å².